The molecular weight excluding hydrogens is 264 g/mol. The van der Waals surface area contributed by atoms with Gasteiger partial charge in [-0.1, -0.05) is 6.92 Å². The number of hydrogen-bond donors (Lipinski definition) is 2. The highest BCUT2D eigenvalue weighted by Crippen LogP contribution is 2.45. The molecule has 0 radical (unpaired) electrons. The maximum absolute atomic E-state index is 12.3. The summed E-state index contributed by atoms with van der Waals surface area (Å²) in [7, 11) is 0. The summed E-state index contributed by atoms with van der Waals surface area (Å²) in [6.07, 6.45) is 3.41. The zero-order valence-electron chi connectivity index (χ0n) is 11.0. The van der Waals surface area contributed by atoms with Gasteiger partial charge < -0.3 is 10.4 Å². The van der Waals surface area contributed by atoms with Crippen LogP contribution in [0.25, 0.3) is 0 Å². The molecule has 5 nitrogen and oxygen atoms in total. The van der Waals surface area contributed by atoms with Gasteiger partial charge in [0.2, 0.25) is 0 Å². The van der Waals surface area contributed by atoms with E-state index in [4.69, 9.17) is 0 Å². The Kier molecular flexibility index (Phi) is 3.37. The fourth-order valence-corrected chi connectivity index (χ4v) is 4.34. The van der Waals surface area contributed by atoms with E-state index < -0.39 is 12.0 Å². The highest BCUT2D eigenvalue weighted by atomic mass is 32.2. The number of nitrogens with zero attached hydrogens (tertiary/aromatic N) is 1. The van der Waals surface area contributed by atoms with Crippen LogP contribution in [0.3, 0.4) is 0 Å². The van der Waals surface area contributed by atoms with Crippen molar-refractivity contribution in [2.45, 2.75) is 37.6 Å². The van der Waals surface area contributed by atoms with Gasteiger partial charge in [0, 0.05) is 12.3 Å². The van der Waals surface area contributed by atoms with Gasteiger partial charge in [-0.2, -0.15) is 0 Å². The second-order valence-electron chi connectivity index (χ2n) is 5.98. The van der Waals surface area contributed by atoms with Gasteiger partial charge in [-0.05, 0) is 37.0 Å². The van der Waals surface area contributed by atoms with Crippen molar-refractivity contribution in [3.63, 3.8) is 0 Å². The first-order chi connectivity index (χ1) is 9.08. The van der Waals surface area contributed by atoms with E-state index in [9.17, 15) is 14.7 Å². The van der Waals surface area contributed by atoms with E-state index in [1.54, 1.807) is 16.7 Å². The minimum atomic E-state index is -0.884. The van der Waals surface area contributed by atoms with Gasteiger partial charge in [-0.3, -0.25) is 4.90 Å². The number of hydrogen-bond acceptors (Lipinski definition) is 3. The van der Waals surface area contributed by atoms with Gasteiger partial charge in [0.1, 0.15) is 6.04 Å². The van der Waals surface area contributed by atoms with Crippen LogP contribution in [0.5, 0.6) is 0 Å². The summed E-state index contributed by atoms with van der Waals surface area (Å²) < 4.78 is 0. The van der Waals surface area contributed by atoms with E-state index in [1.807, 2.05) is 0 Å². The van der Waals surface area contributed by atoms with Gasteiger partial charge in [0.25, 0.3) is 0 Å². The van der Waals surface area contributed by atoms with Gasteiger partial charge >= 0.3 is 12.0 Å². The molecule has 0 aromatic heterocycles. The molecule has 3 rings (SSSR count). The summed E-state index contributed by atoms with van der Waals surface area (Å²) in [5.74, 6) is 1.42. The first kappa shape index (κ1) is 13.1. The Hall–Kier alpha value is -0.910. The lowest BCUT2D eigenvalue weighted by atomic mass is 10.2. The third kappa shape index (κ3) is 2.68. The molecular formula is C13H20N2O3S. The van der Waals surface area contributed by atoms with Crippen molar-refractivity contribution in [2.75, 3.05) is 12.3 Å². The largest absolute Gasteiger partial charge is 0.480 e. The molecule has 2 aliphatic carbocycles. The summed E-state index contributed by atoms with van der Waals surface area (Å²) in [5.41, 5.74) is 0. The third-order valence-corrected chi connectivity index (χ3v) is 5.83. The zero-order chi connectivity index (χ0) is 13.6. The first-order valence-corrected chi connectivity index (χ1v) is 8.03. The molecule has 0 bridgehead atoms. The average molecular weight is 284 g/mol. The predicted molar refractivity (Wildman–Crippen MR) is 72.9 cm³/mol. The van der Waals surface area contributed by atoms with Crippen LogP contribution in [0, 0.1) is 17.8 Å². The number of rotatable bonds is 4. The summed E-state index contributed by atoms with van der Waals surface area (Å²) in [4.78, 5) is 25.1. The molecule has 1 heterocycles. The van der Waals surface area contributed by atoms with Crippen molar-refractivity contribution in [3.05, 3.63) is 0 Å². The third-order valence-electron chi connectivity index (χ3n) is 4.37. The second-order valence-corrected chi connectivity index (χ2v) is 7.13. The maximum atomic E-state index is 12.3. The van der Waals surface area contributed by atoms with Crippen LogP contribution in [0.4, 0.5) is 4.79 Å². The van der Waals surface area contributed by atoms with Gasteiger partial charge in [0.05, 0.1) is 5.37 Å². The lowest BCUT2D eigenvalue weighted by Crippen LogP contribution is -2.51. The van der Waals surface area contributed by atoms with Crippen LogP contribution in [0.15, 0.2) is 0 Å². The quantitative estimate of drug-likeness (QED) is 0.822. The SMILES string of the molecule is CC1CC1CNC(=O)N1C(C(=O)O)CSC1C1CC1. The summed E-state index contributed by atoms with van der Waals surface area (Å²) >= 11 is 1.62. The smallest absolute Gasteiger partial charge is 0.327 e. The Morgan fingerprint density at radius 2 is 2.11 bits per heavy atom. The minimum absolute atomic E-state index is 0.0673. The fourth-order valence-electron chi connectivity index (χ4n) is 2.71. The van der Waals surface area contributed by atoms with Crippen LogP contribution in [0.2, 0.25) is 0 Å². The molecule has 6 heteroatoms. The number of amides is 2. The summed E-state index contributed by atoms with van der Waals surface area (Å²) in [5, 5.41) is 12.2. The molecule has 3 aliphatic rings. The first-order valence-electron chi connectivity index (χ1n) is 6.98. The molecule has 3 fully saturated rings. The second kappa shape index (κ2) is 4.89. The molecule has 1 aliphatic heterocycles. The van der Waals surface area contributed by atoms with E-state index in [-0.39, 0.29) is 11.4 Å². The molecule has 4 unspecified atom stereocenters. The normalized spacial score (nSPS) is 37.2. The van der Waals surface area contributed by atoms with Gasteiger partial charge in [-0.15, -0.1) is 11.8 Å². The Balaban J connectivity index is 1.62. The van der Waals surface area contributed by atoms with Crippen LogP contribution >= 0.6 is 11.8 Å². The molecule has 2 saturated carbocycles. The monoisotopic (exact) mass is 284 g/mol. The molecule has 2 N–H and O–H groups in total. The predicted octanol–water partition coefficient (Wildman–Crippen LogP) is 1.59. The standard InChI is InChI=1S/C13H20N2O3S/c1-7-4-9(7)5-14-13(18)15-10(12(16)17)6-19-11(15)8-2-3-8/h7-11H,2-6H2,1H3,(H,14,18)(H,16,17). The number of thioether (sulfide) groups is 1. The minimum Gasteiger partial charge on any atom is -0.480 e. The van der Waals surface area contributed by atoms with Gasteiger partial charge in [0.15, 0.2) is 0 Å². The van der Waals surface area contributed by atoms with E-state index in [0.717, 1.165) is 12.8 Å². The summed E-state index contributed by atoms with van der Waals surface area (Å²) in [6, 6.07) is -0.847. The van der Waals surface area contributed by atoms with Crippen molar-refractivity contribution in [2.24, 2.45) is 17.8 Å². The van der Waals surface area contributed by atoms with E-state index in [1.165, 1.54) is 6.42 Å². The maximum Gasteiger partial charge on any atom is 0.327 e. The number of nitrogens with one attached hydrogen (secondary N) is 1. The number of carbonyl (C=O) groups excluding carboxylic acids is 1. The molecule has 1 saturated heterocycles. The lowest BCUT2D eigenvalue weighted by Gasteiger charge is -2.27. The Morgan fingerprint density at radius 1 is 1.42 bits per heavy atom. The lowest BCUT2D eigenvalue weighted by molar-refractivity contribution is -0.141. The van der Waals surface area contributed by atoms with E-state index in [0.29, 0.717) is 30.1 Å². The summed E-state index contributed by atoms with van der Waals surface area (Å²) in [6.45, 7) is 2.86. The van der Waals surface area contributed by atoms with Crippen molar-refractivity contribution in [1.29, 1.82) is 0 Å². The van der Waals surface area contributed by atoms with Crippen LogP contribution < -0.4 is 5.32 Å². The van der Waals surface area contributed by atoms with Crippen molar-refractivity contribution in [1.82, 2.24) is 10.2 Å². The number of aliphatic carboxylic acids is 1. The molecule has 0 aromatic rings. The van der Waals surface area contributed by atoms with Crippen molar-refractivity contribution in [3.8, 4) is 0 Å². The molecule has 19 heavy (non-hydrogen) atoms. The number of carbonyl (C=O) groups is 2. The Morgan fingerprint density at radius 3 is 2.63 bits per heavy atom. The van der Waals surface area contributed by atoms with Crippen LogP contribution in [0.1, 0.15) is 26.2 Å². The molecule has 4 atom stereocenters. The number of carboxylic acid groups (broad SMARTS) is 1. The van der Waals surface area contributed by atoms with E-state index in [2.05, 4.69) is 12.2 Å². The van der Waals surface area contributed by atoms with Gasteiger partial charge in [-0.25, -0.2) is 9.59 Å². The Labute approximate surface area is 117 Å². The highest BCUT2D eigenvalue weighted by Gasteiger charge is 2.48. The number of urea groups is 1. The van der Waals surface area contributed by atoms with Crippen molar-refractivity contribution < 1.29 is 14.7 Å². The molecule has 0 aromatic carbocycles. The highest BCUT2D eigenvalue weighted by molar-refractivity contribution is 8.00. The van der Waals surface area contributed by atoms with Crippen LogP contribution in [-0.4, -0.2) is 45.7 Å². The van der Waals surface area contributed by atoms with Crippen LogP contribution in [-0.2, 0) is 4.79 Å². The Bertz CT molecular complexity index is 399. The number of carboxylic acids is 1. The molecule has 0 spiro atoms. The topological polar surface area (TPSA) is 69.6 Å². The zero-order valence-corrected chi connectivity index (χ0v) is 11.9. The van der Waals surface area contributed by atoms with E-state index >= 15 is 0 Å². The average Bonchev–Trinajstić information content (AvgIpc) is 3.27. The molecule has 106 valence electrons. The molecule has 2 amide bonds. The fraction of sp³-hybridized carbons (Fsp3) is 0.846. The van der Waals surface area contributed by atoms with Crippen molar-refractivity contribution >= 4 is 23.8 Å².